The molecule has 4 aliphatic rings. The zero-order valence-electron chi connectivity index (χ0n) is 14.4. The van der Waals surface area contributed by atoms with Gasteiger partial charge in [0, 0.05) is 0 Å². The molecule has 0 unspecified atom stereocenters. The number of carbonyl (C=O) groups is 1. The third-order valence-corrected chi connectivity index (χ3v) is 11.7. The molecule has 6 heteroatoms. The summed E-state index contributed by atoms with van der Waals surface area (Å²) in [4.78, 5) is 12.7. The van der Waals surface area contributed by atoms with Crippen LogP contribution in [0.4, 0.5) is 0 Å². The Morgan fingerprint density at radius 2 is 1.45 bits per heavy atom. The minimum atomic E-state index is -0.403. The van der Waals surface area contributed by atoms with Crippen LogP contribution in [0.25, 0.3) is 0 Å². The first-order chi connectivity index (χ1) is 9.86. The smallest absolute Gasteiger partial charge is 0.311 e. The molecule has 22 heavy (non-hydrogen) atoms. The average Bonchev–Trinajstić information content (AvgIpc) is 2.28. The molecule has 4 bridgehead atoms. The van der Waals surface area contributed by atoms with Gasteiger partial charge in [-0.25, -0.2) is 0 Å². The number of esters is 1. The van der Waals surface area contributed by atoms with E-state index in [-0.39, 0.29) is 28.4 Å². The van der Waals surface area contributed by atoms with Crippen LogP contribution in [-0.4, -0.2) is 28.4 Å². The van der Waals surface area contributed by atoms with Crippen molar-refractivity contribution in [3.63, 3.8) is 0 Å². The van der Waals surface area contributed by atoms with E-state index in [1.54, 1.807) is 0 Å². The van der Waals surface area contributed by atoms with Gasteiger partial charge in [0.15, 0.2) is 0 Å². The second-order valence-corrected chi connectivity index (χ2v) is 16.8. The van der Waals surface area contributed by atoms with Gasteiger partial charge >= 0.3 is 5.97 Å². The highest BCUT2D eigenvalue weighted by Crippen LogP contribution is 2.81. The van der Waals surface area contributed by atoms with Crippen LogP contribution >= 0.6 is 47.0 Å². The molecule has 0 N–H and O–H groups in total. The van der Waals surface area contributed by atoms with E-state index in [0.29, 0.717) is 0 Å². The Morgan fingerprint density at radius 3 is 1.82 bits per heavy atom. The lowest BCUT2D eigenvalue weighted by molar-refractivity contribution is -0.160. The SMILES string of the molecule is CCC(C)(C)C(=O)OC1C2(C)SC3(C)CC(C)(S2)SC1(C)S3. The molecule has 4 fully saturated rings. The van der Waals surface area contributed by atoms with Crippen molar-refractivity contribution >= 4 is 53.0 Å². The second-order valence-electron chi connectivity index (χ2n) is 7.91. The maximum absolute atomic E-state index is 12.7. The predicted octanol–water partition coefficient (Wildman–Crippen LogP) is 5.56. The van der Waals surface area contributed by atoms with Gasteiger partial charge in [0.05, 0.1) is 13.6 Å². The average molecular weight is 379 g/mol. The van der Waals surface area contributed by atoms with E-state index in [1.807, 2.05) is 60.9 Å². The molecule has 0 aliphatic carbocycles. The maximum Gasteiger partial charge on any atom is 0.311 e. The molecule has 4 heterocycles. The lowest BCUT2D eigenvalue weighted by Crippen LogP contribution is -2.66. The monoisotopic (exact) mass is 378 g/mol. The summed E-state index contributed by atoms with van der Waals surface area (Å²) < 4.78 is 6.53. The van der Waals surface area contributed by atoms with E-state index in [1.165, 1.54) is 6.42 Å². The van der Waals surface area contributed by atoms with Gasteiger partial charge in [-0.05, 0) is 54.4 Å². The van der Waals surface area contributed by atoms with Crippen LogP contribution in [-0.2, 0) is 9.53 Å². The van der Waals surface area contributed by atoms with Crippen LogP contribution in [0.2, 0.25) is 0 Å². The molecule has 0 aromatic carbocycles. The third kappa shape index (κ3) is 2.64. The van der Waals surface area contributed by atoms with Crippen molar-refractivity contribution in [2.24, 2.45) is 5.41 Å². The molecule has 126 valence electrons. The van der Waals surface area contributed by atoms with Crippen molar-refractivity contribution in [2.75, 3.05) is 0 Å². The normalized spacial score (nSPS) is 50.2. The van der Waals surface area contributed by atoms with Crippen LogP contribution in [0.5, 0.6) is 0 Å². The first kappa shape index (κ1) is 17.7. The van der Waals surface area contributed by atoms with E-state index in [4.69, 9.17) is 4.74 Å². The Hall–Kier alpha value is 0.870. The van der Waals surface area contributed by atoms with Gasteiger partial charge < -0.3 is 4.74 Å². The van der Waals surface area contributed by atoms with Crippen molar-refractivity contribution < 1.29 is 9.53 Å². The summed E-state index contributed by atoms with van der Waals surface area (Å²) in [6.45, 7) is 15.3. The summed E-state index contributed by atoms with van der Waals surface area (Å²) in [5, 5.41) is 0. The molecule has 0 radical (unpaired) electrons. The van der Waals surface area contributed by atoms with Gasteiger partial charge in [-0.3, -0.25) is 4.79 Å². The third-order valence-electron chi connectivity index (χ3n) is 4.93. The Kier molecular flexibility index (Phi) is 3.98. The van der Waals surface area contributed by atoms with Gasteiger partial charge in [0.1, 0.15) is 14.3 Å². The molecule has 0 saturated carbocycles. The predicted molar refractivity (Wildman–Crippen MR) is 103 cm³/mol. The minimum Gasteiger partial charge on any atom is -0.457 e. The van der Waals surface area contributed by atoms with E-state index in [9.17, 15) is 4.79 Å². The standard InChI is InChI=1S/C16H26O2S4/c1-8-12(2,3)11(17)18-10-15(6)19-13(4)9-14(5,21-15)22-16(10,7)20-13/h10H,8-9H2,1-7H3. The van der Waals surface area contributed by atoms with Crippen LogP contribution in [0.15, 0.2) is 0 Å². The summed E-state index contributed by atoms with van der Waals surface area (Å²) >= 11 is 8.05. The quantitative estimate of drug-likeness (QED) is 0.596. The van der Waals surface area contributed by atoms with Crippen LogP contribution in [0.3, 0.4) is 0 Å². The van der Waals surface area contributed by atoms with E-state index in [2.05, 4.69) is 34.6 Å². The fraction of sp³-hybridized carbons (Fsp3) is 0.938. The molecule has 0 aromatic heterocycles. The van der Waals surface area contributed by atoms with Gasteiger partial charge in [0.2, 0.25) is 0 Å². The number of hydrogen-bond donors (Lipinski definition) is 0. The molecule has 2 nitrogen and oxygen atoms in total. The largest absolute Gasteiger partial charge is 0.457 e. The van der Waals surface area contributed by atoms with Crippen molar-refractivity contribution in [1.82, 2.24) is 0 Å². The van der Waals surface area contributed by atoms with Gasteiger partial charge in [-0.15, -0.1) is 47.0 Å². The first-order valence-corrected chi connectivity index (χ1v) is 11.1. The highest BCUT2D eigenvalue weighted by atomic mass is 32.3. The summed E-state index contributed by atoms with van der Waals surface area (Å²) in [5.74, 6) is -0.0485. The zero-order chi connectivity index (χ0) is 16.6. The molecule has 0 spiro atoms. The lowest BCUT2D eigenvalue weighted by atomic mass is 9.90. The molecule has 4 rings (SSSR count). The van der Waals surface area contributed by atoms with Crippen molar-refractivity contribution in [1.29, 1.82) is 0 Å². The maximum atomic E-state index is 12.7. The Morgan fingerprint density at radius 1 is 1.05 bits per heavy atom. The van der Waals surface area contributed by atoms with Gasteiger partial charge in [-0.2, -0.15) is 0 Å². The number of thioether (sulfide) groups is 4. The van der Waals surface area contributed by atoms with E-state index in [0.717, 1.165) is 6.42 Å². The summed E-state index contributed by atoms with van der Waals surface area (Å²) in [5.41, 5.74) is -0.403. The molecule has 4 saturated heterocycles. The molecule has 4 aliphatic heterocycles. The van der Waals surface area contributed by atoms with E-state index >= 15 is 0 Å². The molecule has 0 amide bonds. The molecule has 0 atom stereocenters. The van der Waals surface area contributed by atoms with Crippen LogP contribution in [0, 0.1) is 5.41 Å². The Bertz CT molecular complexity index is 474. The minimum absolute atomic E-state index is 0.0485. The Balaban J connectivity index is 1.92. The van der Waals surface area contributed by atoms with Crippen LogP contribution in [0.1, 0.15) is 61.3 Å². The number of hydrogen-bond acceptors (Lipinski definition) is 6. The van der Waals surface area contributed by atoms with E-state index < -0.39 is 5.41 Å². The first-order valence-electron chi connectivity index (χ1n) is 7.87. The van der Waals surface area contributed by atoms with Crippen molar-refractivity contribution in [3.05, 3.63) is 0 Å². The lowest BCUT2D eigenvalue weighted by Gasteiger charge is -2.68. The fourth-order valence-electron chi connectivity index (χ4n) is 3.84. The Labute approximate surface area is 151 Å². The van der Waals surface area contributed by atoms with Crippen molar-refractivity contribution in [3.8, 4) is 0 Å². The number of rotatable bonds is 3. The molecular weight excluding hydrogens is 352 g/mol. The highest BCUT2D eigenvalue weighted by molar-refractivity contribution is 8.38. The highest BCUT2D eigenvalue weighted by Gasteiger charge is 2.71. The number of ether oxygens (including phenoxy) is 1. The summed E-state index contributed by atoms with van der Waals surface area (Å²) in [6.07, 6.45) is 1.96. The summed E-state index contributed by atoms with van der Waals surface area (Å²) in [6, 6.07) is 0. The van der Waals surface area contributed by atoms with Gasteiger partial charge in [-0.1, -0.05) is 6.92 Å². The molecule has 0 aromatic rings. The van der Waals surface area contributed by atoms with Crippen LogP contribution < -0.4 is 0 Å². The fourth-order valence-corrected chi connectivity index (χ4v) is 16.5. The summed E-state index contributed by atoms with van der Waals surface area (Å²) in [7, 11) is 0. The second kappa shape index (κ2) is 4.95. The van der Waals surface area contributed by atoms with Gasteiger partial charge in [0.25, 0.3) is 0 Å². The van der Waals surface area contributed by atoms with Crippen molar-refractivity contribution in [2.45, 2.75) is 83.7 Å². The molecular formula is C16H26O2S4. The zero-order valence-corrected chi connectivity index (χ0v) is 17.7. The topological polar surface area (TPSA) is 26.3 Å². The number of carbonyl (C=O) groups excluding carboxylic acids is 1.